The molecule has 0 unspecified atom stereocenters. The highest BCUT2D eigenvalue weighted by Gasteiger charge is 2.18. The normalized spacial score (nSPS) is 14.9. The van der Waals surface area contributed by atoms with Crippen LogP contribution in [0.3, 0.4) is 0 Å². The first kappa shape index (κ1) is 17.2. The maximum absolute atomic E-state index is 9.58. The topological polar surface area (TPSA) is 81.0 Å². The highest BCUT2D eigenvalue weighted by molar-refractivity contribution is 5.82. The molecule has 7 heteroatoms. The molecule has 27 heavy (non-hydrogen) atoms. The van der Waals surface area contributed by atoms with Crippen LogP contribution in [-0.2, 0) is 0 Å². The average Bonchev–Trinajstić information content (AvgIpc) is 2.69. The lowest BCUT2D eigenvalue weighted by atomic mass is 10.1. The van der Waals surface area contributed by atoms with Gasteiger partial charge in [-0.25, -0.2) is 15.0 Å². The molecule has 136 valence electrons. The lowest BCUT2D eigenvalue weighted by molar-refractivity contribution is 0.312. The zero-order valence-electron chi connectivity index (χ0n) is 15.5. The average molecular weight is 359 g/mol. The van der Waals surface area contributed by atoms with E-state index in [1.54, 1.807) is 12.4 Å². The molecule has 1 N–H and O–H groups in total. The number of fused-ring (bicyclic) bond motifs is 1. The van der Waals surface area contributed by atoms with Crippen molar-refractivity contribution in [2.75, 3.05) is 43.4 Å². The van der Waals surface area contributed by atoms with Gasteiger partial charge in [-0.1, -0.05) is 18.2 Å². The summed E-state index contributed by atoms with van der Waals surface area (Å²) < 4.78 is 0. The van der Waals surface area contributed by atoms with Crippen molar-refractivity contribution >= 4 is 28.4 Å². The molecule has 1 aromatic carbocycles. The minimum atomic E-state index is 0.495. The lowest BCUT2D eigenvalue weighted by Crippen LogP contribution is -2.45. The number of aryl methyl sites for hydroxylation is 1. The van der Waals surface area contributed by atoms with Crippen LogP contribution < -0.4 is 10.2 Å². The minimum absolute atomic E-state index is 0.495. The lowest BCUT2D eigenvalue weighted by Gasteiger charge is -2.33. The quantitative estimate of drug-likeness (QED) is 0.770. The van der Waals surface area contributed by atoms with E-state index in [9.17, 15) is 5.26 Å². The summed E-state index contributed by atoms with van der Waals surface area (Å²) >= 11 is 0. The number of para-hydroxylation sites is 1. The molecule has 0 amide bonds. The van der Waals surface area contributed by atoms with Gasteiger partial charge < -0.3 is 15.1 Å². The van der Waals surface area contributed by atoms with E-state index in [-0.39, 0.29) is 0 Å². The standard InChI is InChI=1S/C20H21N7/c1-14-4-3-5-15-12-23-20(25-18(14)15)24-17-10-16(11-21)19(22-13-17)27-8-6-26(2)7-9-27/h3-5,10,12-13H,6-9H2,1-2H3,(H,23,24,25). The van der Waals surface area contributed by atoms with Crippen molar-refractivity contribution in [1.29, 1.82) is 5.26 Å². The van der Waals surface area contributed by atoms with E-state index in [1.165, 1.54) is 0 Å². The van der Waals surface area contributed by atoms with Crippen LogP contribution in [0.2, 0.25) is 0 Å². The van der Waals surface area contributed by atoms with Gasteiger partial charge in [0.15, 0.2) is 0 Å². The summed E-state index contributed by atoms with van der Waals surface area (Å²) in [6.45, 7) is 5.71. The van der Waals surface area contributed by atoms with Gasteiger partial charge in [0.1, 0.15) is 11.9 Å². The number of anilines is 3. The van der Waals surface area contributed by atoms with Crippen molar-refractivity contribution in [3.63, 3.8) is 0 Å². The Hall–Kier alpha value is -3.24. The smallest absolute Gasteiger partial charge is 0.227 e. The Labute approximate surface area is 158 Å². The summed E-state index contributed by atoms with van der Waals surface area (Å²) in [5, 5.41) is 13.8. The Morgan fingerprint density at radius 1 is 1.11 bits per heavy atom. The molecule has 0 spiro atoms. The van der Waals surface area contributed by atoms with E-state index in [1.807, 2.05) is 31.2 Å². The van der Waals surface area contributed by atoms with Gasteiger partial charge in [-0.2, -0.15) is 5.26 Å². The molecule has 1 aliphatic heterocycles. The van der Waals surface area contributed by atoms with Gasteiger partial charge in [0.05, 0.1) is 23.0 Å². The Bertz CT molecular complexity index is 1020. The molecule has 0 atom stereocenters. The van der Waals surface area contributed by atoms with Crippen molar-refractivity contribution in [2.24, 2.45) is 0 Å². The van der Waals surface area contributed by atoms with Crippen LogP contribution in [0.25, 0.3) is 10.9 Å². The van der Waals surface area contributed by atoms with Gasteiger partial charge in [-0.05, 0) is 25.6 Å². The maximum Gasteiger partial charge on any atom is 0.227 e. The van der Waals surface area contributed by atoms with Crippen LogP contribution in [-0.4, -0.2) is 53.1 Å². The minimum Gasteiger partial charge on any atom is -0.353 e. The molecule has 3 heterocycles. The van der Waals surface area contributed by atoms with Crippen LogP contribution in [0.4, 0.5) is 17.5 Å². The number of hydrogen-bond acceptors (Lipinski definition) is 7. The first-order chi connectivity index (χ1) is 13.1. The highest BCUT2D eigenvalue weighted by atomic mass is 15.3. The van der Waals surface area contributed by atoms with Gasteiger partial charge in [-0.3, -0.25) is 0 Å². The fourth-order valence-electron chi connectivity index (χ4n) is 3.27. The van der Waals surface area contributed by atoms with Crippen molar-refractivity contribution in [3.8, 4) is 6.07 Å². The van der Waals surface area contributed by atoms with E-state index in [0.29, 0.717) is 17.2 Å². The zero-order valence-corrected chi connectivity index (χ0v) is 15.5. The zero-order chi connectivity index (χ0) is 18.8. The third-order valence-electron chi connectivity index (χ3n) is 4.86. The number of nitriles is 1. The molecular formula is C20H21N7. The number of hydrogen-bond donors (Lipinski definition) is 1. The molecule has 2 aromatic heterocycles. The van der Waals surface area contributed by atoms with Crippen LogP contribution >= 0.6 is 0 Å². The van der Waals surface area contributed by atoms with Crippen molar-refractivity contribution in [1.82, 2.24) is 19.9 Å². The van der Waals surface area contributed by atoms with Crippen molar-refractivity contribution < 1.29 is 0 Å². The highest BCUT2D eigenvalue weighted by Crippen LogP contribution is 2.24. The third-order valence-corrected chi connectivity index (χ3v) is 4.86. The summed E-state index contributed by atoms with van der Waals surface area (Å²) in [5.74, 6) is 1.24. The SMILES string of the molecule is Cc1cccc2cnc(Nc3cnc(N4CCN(C)CC4)c(C#N)c3)nc12. The van der Waals surface area contributed by atoms with Gasteiger partial charge >= 0.3 is 0 Å². The predicted molar refractivity (Wildman–Crippen MR) is 106 cm³/mol. The third kappa shape index (κ3) is 3.52. The maximum atomic E-state index is 9.58. The molecular weight excluding hydrogens is 338 g/mol. The molecule has 0 saturated carbocycles. The number of aromatic nitrogens is 3. The van der Waals surface area contributed by atoms with Crippen molar-refractivity contribution in [2.45, 2.75) is 6.92 Å². The molecule has 0 radical (unpaired) electrons. The molecule has 7 nitrogen and oxygen atoms in total. The van der Waals surface area contributed by atoms with E-state index in [0.717, 1.165) is 48.5 Å². The fraction of sp³-hybridized carbons (Fsp3) is 0.300. The summed E-state index contributed by atoms with van der Waals surface area (Å²) in [4.78, 5) is 17.9. The Morgan fingerprint density at radius 2 is 1.93 bits per heavy atom. The Kier molecular flexibility index (Phi) is 4.57. The van der Waals surface area contributed by atoms with E-state index in [4.69, 9.17) is 0 Å². The molecule has 0 bridgehead atoms. The first-order valence-corrected chi connectivity index (χ1v) is 8.97. The van der Waals surface area contributed by atoms with E-state index in [2.05, 4.69) is 43.2 Å². The second kappa shape index (κ2) is 7.17. The van der Waals surface area contributed by atoms with E-state index >= 15 is 0 Å². The number of nitrogens with one attached hydrogen (secondary N) is 1. The predicted octanol–water partition coefficient (Wildman–Crippen LogP) is 2.70. The molecule has 4 rings (SSSR count). The van der Waals surface area contributed by atoms with Gasteiger partial charge in [0, 0.05) is 37.8 Å². The fourth-order valence-corrected chi connectivity index (χ4v) is 3.27. The number of benzene rings is 1. The van der Waals surface area contributed by atoms with Crippen LogP contribution in [0.1, 0.15) is 11.1 Å². The number of pyridine rings is 1. The second-order valence-electron chi connectivity index (χ2n) is 6.83. The van der Waals surface area contributed by atoms with Gasteiger partial charge in [0.2, 0.25) is 5.95 Å². The number of likely N-dealkylation sites (N-methyl/N-ethyl adjacent to an activating group) is 1. The molecule has 0 aliphatic carbocycles. The Morgan fingerprint density at radius 3 is 2.70 bits per heavy atom. The summed E-state index contributed by atoms with van der Waals surface area (Å²) in [6, 6.07) is 10.1. The summed E-state index contributed by atoms with van der Waals surface area (Å²) in [5.41, 5.74) is 3.27. The monoisotopic (exact) mass is 359 g/mol. The summed E-state index contributed by atoms with van der Waals surface area (Å²) in [7, 11) is 2.11. The number of rotatable bonds is 3. The van der Waals surface area contributed by atoms with E-state index < -0.39 is 0 Å². The largest absolute Gasteiger partial charge is 0.353 e. The number of piperazine rings is 1. The van der Waals surface area contributed by atoms with Crippen LogP contribution in [0.15, 0.2) is 36.7 Å². The molecule has 1 fully saturated rings. The van der Waals surface area contributed by atoms with Gasteiger partial charge in [-0.15, -0.1) is 0 Å². The molecule has 3 aromatic rings. The number of nitrogens with zero attached hydrogens (tertiary/aromatic N) is 6. The van der Waals surface area contributed by atoms with Crippen LogP contribution in [0.5, 0.6) is 0 Å². The first-order valence-electron chi connectivity index (χ1n) is 8.97. The van der Waals surface area contributed by atoms with Crippen molar-refractivity contribution in [3.05, 3.63) is 47.8 Å². The van der Waals surface area contributed by atoms with Crippen LogP contribution in [0, 0.1) is 18.3 Å². The summed E-state index contributed by atoms with van der Waals surface area (Å²) in [6.07, 6.45) is 3.54. The van der Waals surface area contributed by atoms with Gasteiger partial charge in [0.25, 0.3) is 0 Å². The molecule has 1 saturated heterocycles. The second-order valence-corrected chi connectivity index (χ2v) is 6.83. The Balaban J connectivity index is 1.60. The molecule has 1 aliphatic rings.